The zero-order valence-corrected chi connectivity index (χ0v) is 11.6. The topological polar surface area (TPSA) is 86.6 Å². The van der Waals surface area contributed by atoms with Crippen molar-refractivity contribution in [2.75, 3.05) is 6.61 Å². The molecule has 0 unspecified atom stereocenters. The number of aliphatic carboxylic acids is 1. The first-order valence-corrected chi connectivity index (χ1v) is 6.33. The summed E-state index contributed by atoms with van der Waals surface area (Å²) in [5.74, 6) is -1.65. The maximum absolute atomic E-state index is 11.6. The molecule has 108 valence electrons. The van der Waals surface area contributed by atoms with E-state index in [0.29, 0.717) is 0 Å². The number of carbonyl (C=O) groups is 2. The molecule has 0 saturated heterocycles. The summed E-state index contributed by atoms with van der Waals surface area (Å²) in [5, 5.41) is 19.9. The van der Waals surface area contributed by atoms with Gasteiger partial charge in [0.1, 0.15) is 6.04 Å². The monoisotopic (exact) mass is 277 g/mol. The molecule has 1 amide bonds. The molecule has 5 nitrogen and oxygen atoms in total. The maximum atomic E-state index is 11.6. The molecule has 0 radical (unpaired) electrons. The van der Waals surface area contributed by atoms with E-state index in [1.807, 2.05) is 32.0 Å². The van der Waals surface area contributed by atoms with E-state index < -0.39 is 17.9 Å². The highest BCUT2D eigenvalue weighted by Crippen LogP contribution is 2.11. The van der Waals surface area contributed by atoms with Gasteiger partial charge in [-0.1, -0.05) is 23.8 Å². The van der Waals surface area contributed by atoms with Crippen molar-refractivity contribution >= 4 is 18.0 Å². The number of hydrogen-bond donors (Lipinski definition) is 3. The first-order valence-electron chi connectivity index (χ1n) is 6.33. The molecule has 1 aromatic carbocycles. The average molecular weight is 277 g/mol. The van der Waals surface area contributed by atoms with Crippen LogP contribution in [0, 0.1) is 13.8 Å². The van der Waals surface area contributed by atoms with Gasteiger partial charge in [0.15, 0.2) is 0 Å². The molecule has 0 aromatic heterocycles. The number of aliphatic hydroxyl groups is 1. The normalized spacial score (nSPS) is 12.3. The summed E-state index contributed by atoms with van der Waals surface area (Å²) in [4.78, 5) is 22.5. The summed E-state index contributed by atoms with van der Waals surface area (Å²) in [5.41, 5.74) is 3.08. The SMILES string of the molecule is Cc1ccc(/C=C/C(=O)N[C@H](CCO)C(=O)O)c(C)c1. The molecule has 0 saturated carbocycles. The summed E-state index contributed by atoms with van der Waals surface area (Å²) in [6.07, 6.45) is 2.92. The van der Waals surface area contributed by atoms with Crippen molar-refractivity contribution in [2.45, 2.75) is 26.3 Å². The fourth-order valence-electron chi connectivity index (χ4n) is 1.78. The third kappa shape index (κ3) is 4.85. The van der Waals surface area contributed by atoms with Crippen LogP contribution in [0.2, 0.25) is 0 Å². The van der Waals surface area contributed by atoms with E-state index in [0.717, 1.165) is 16.7 Å². The molecule has 0 fully saturated rings. The van der Waals surface area contributed by atoms with E-state index in [4.69, 9.17) is 10.2 Å². The number of carbonyl (C=O) groups excluding carboxylic acids is 1. The molecule has 1 atom stereocenters. The number of carboxylic acids is 1. The highest BCUT2D eigenvalue weighted by molar-refractivity contribution is 5.94. The first-order chi connectivity index (χ1) is 9.43. The Balaban J connectivity index is 2.69. The average Bonchev–Trinajstić information content (AvgIpc) is 2.37. The van der Waals surface area contributed by atoms with E-state index in [2.05, 4.69) is 5.32 Å². The Labute approximate surface area is 117 Å². The molecule has 0 bridgehead atoms. The van der Waals surface area contributed by atoms with E-state index >= 15 is 0 Å². The van der Waals surface area contributed by atoms with E-state index in [1.165, 1.54) is 6.08 Å². The van der Waals surface area contributed by atoms with Crippen molar-refractivity contribution in [3.63, 3.8) is 0 Å². The number of benzene rings is 1. The van der Waals surface area contributed by atoms with Gasteiger partial charge in [0.05, 0.1) is 0 Å². The third-order valence-corrected chi connectivity index (χ3v) is 2.87. The largest absolute Gasteiger partial charge is 0.480 e. The van der Waals surface area contributed by atoms with Crippen molar-refractivity contribution in [1.82, 2.24) is 5.32 Å². The number of nitrogens with one attached hydrogen (secondary N) is 1. The summed E-state index contributed by atoms with van der Waals surface area (Å²) >= 11 is 0. The van der Waals surface area contributed by atoms with E-state index in [9.17, 15) is 9.59 Å². The fourth-order valence-corrected chi connectivity index (χ4v) is 1.78. The van der Waals surface area contributed by atoms with Gasteiger partial charge in [-0.3, -0.25) is 4.79 Å². The molecule has 5 heteroatoms. The predicted octanol–water partition coefficient (Wildman–Crippen LogP) is 1.27. The van der Waals surface area contributed by atoms with Crippen LogP contribution in [0.15, 0.2) is 24.3 Å². The van der Waals surface area contributed by atoms with Crippen molar-refractivity contribution in [3.05, 3.63) is 41.0 Å². The molecule has 3 N–H and O–H groups in total. The number of carboxylic acid groups (broad SMARTS) is 1. The van der Waals surface area contributed by atoms with Crippen LogP contribution in [0.5, 0.6) is 0 Å². The van der Waals surface area contributed by atoms with E-state index in [-0.39, 0.29) is 13.0 Å². The molecule has 0 aliphatic carbocycles. The van der Waals surface area contributed by atoms with Crippen LogP contribution in [-0.4, -0.2) is 34.7 Å². The highest BCUT2D eigenvalue weighted by atomic mass is 16.4. The Morgan fingerprint density at radius 2 is 2.05 bits per heavy atom. The lowest BCUT2D eigenvalue weighted by molar-refractivity contribution is -0.141. The highest BCUT2D eigenvalue weighted by Gasteiger charge is 2.17. The molecular formula is C15H19NO4. The molecule has 1 rings (SSSR count). The van der Waals surface area contributed by atoms with Gasteiger partial charge >= 0.3 is 5.97 Å². The Morgan fingerprint density at radius 1 is 1.35 bits per heavy atom. The summed E-state index contributed by atoms with van der Waals surface area (Å²) in [6.45, 7) is 3.63. The Hall–Kier alpha value is -2.14. The molecule has 20 heavy (non-hydrogen) atoms. The van der Waals surface area contributed by atoms with Crippen LogP contribution in [-0.2, 0) is 9.59 Å². The summed E-state index contributed by atoms with van der Waals surface area (Å²) < 4.78 is 0. The van der Waals surface area contributed by atoms with Gasteiger partial charge in [-0.25, -0.2) is 4.79 Å². The molecule has 0 aliphatic rings. The van der Waals surface area contributed by atoms with E-state index in [1.54, 1.807) is 6.08 Å². The van der Waals surface area contributed by atoms with Crippen LogP contribution in [0.3, 0.4) is 0 Å². The predicted molar refractivity (Wildman–Crippen MR) is 76.2 cm³/mol. The van der Waals surface area contributed by atoms with Crippen molar-refractivity contribution < 1.29 is 19.8 Å². The van der Waals surface area contributed by atoms with Gasteiger partial charge in [0, 0.05) is 19.1 Å². The Kier molecular flexibility index (Phi) is 5.93. The molecule has 0 aliphatic heterocycles. The lowest BCUT2D eigenvalue weighted by Crippen LogP contribution is -2.40. The standard InChI is InChI=1S/C15H19NO4/c1-10-3-4-12(11(2)9-10)5-6-14(18)16-13(7-8-17)15(19)20/h3-6,9,13,17H,7-8H2,1-2H3,(H,16,18)(H,19,20)/b6-5+/t13-/m1/s1. The van der Waals surface area contributed by atoms with Crippen LogP contribution >= 0.6 is 0 Å². The lowest BCUT2D eigenvalue weighted by atomic mass is 10.1. The van der Waals surface area contributed by atoms with Gasteiger partial charge < -0.3 is 15.5 Å². The number of hydrogen-bond acceptors (Lipinski definition) is 3. The van der Waals surface area contributed by atoms with Crippen molar-refractivity contribution in [3.8, 4) is 0 Å². The third-order valence-electron chi connectivity index (χ3n) is 2.87. The molecular weight excluding hydrogens is 258 g/mol. The minimum absolute atomic E-state index is 0.0154. The van der Waals surface area contributed by atoms with Gasteiger partial charge in [-0.05, 0) is 31.1 Å². The lowest BCUT2D eigenvalue weighted by Gasteiger charge is -2.11. The van der Waals surface area contributed by atoms with Crippen LogP contribution in [0.1, 0.15) is 23.1 Å². The first kappa shape index (κ1) is 15.9. The molecule has 0 spiro atoms. The van der Waals surface area contributed by atoms with Gasteiger partial charge in [0.2, 0.25) is 5.91 Å². The van der Waals surface area contributed by atoms with Crippen LogP contribution in [0.4, 0.5) is 0 Å². The smallest absolute Gasteiger partial charge is 0.326 e. The number of rotatable bonds is 6. The summed E-state index contributed by atoms with van der Waals surface area (Å²) in [6, 6.07) is 4.77. The zero-order chi connectivity index (χ0) is 15.1. The summed E-state index contributed by atoms with van der Waals surface area (Å²) in [7, 11) is 0. The Bertz CT molecular complexity index is 523. The van der Waals surface area contributed by atoms with Gasteiger partial charge in [0.25, 0.3) is 0 Å². The minimum atomic E-state index is -1.16. The zero-order valence-electron chi connectivity index (χ0n) is 11.6. The Morgan fingerprint density at radius 3 is 2.60 bits per heavy atom. The number of amides is 1. The minimum Gasteiger partial charge on any atom is -0.480 e. The number of aliphatic hydroxyl groups excluding tert-OH is 1. The van der Waals surface area contributed by atoms with Gasteiger partial charge in [-0.15, -0.1) is 0 Å². The molecule has 1 aromatic rings. The maximum Gasteiger partial charge on any atom is 0.326 e. The van der Waals surface area contributed by atoms with Crippen molar-refractivity contribution in [1.29, 1.82) is 0 Å². The quantitative estimate of drug-likeness (QED) is 0.683. The van der Waals surface area contributed by atoms with Gasteiger partial charge in [-0.2, -0.15) is 0 Å². The van der Waals surface area contributed by atoms with Crippen molar-refractivity contribution in [2.24, 2.45) is 0 Å². The fraction of sp³-hybridized carbons (Fsp3) is 0.333. The van der Waals surface area contributed by atoms with Crippen LogP contribution < -0.4 is 5.32 Å². The molecule has 0 heterocycles. The second-order valence-corrected chi connectivity index (χ2v) is 4.61. The number of aryl methyl sites for hydroxylation is 2. The van der Waals surface area contributed by atoms with Crippen LogP contribution in [0.25, 0.3) is 6.08 Å². The second-order valence-electron chi connectivity index (χ2n) is 4.61. The second kappa shape index (κ2) is 7.45.